The van der Waals surface area contributed by atoms with Crippen molar-refractivity contribution >= 4 is 11.5 Å². The van der Waals surface area contributed by atoms with Gasteiger partial charge >= 0.3 is 0 Å². The van der Waals surface area contributed by atoms with E-state index in [9.17, 15) is 10.2 Å². The molecule has 0 amide bonds. The van der Waals surface area contributed by atoms with Gasteiger partial charge in [0.05, 0.1) is 12.3 Å². The van der Waals surface area contributed by atoms with Crippen molar-refractivity contribution in [1.82, 2.24) is 14.6 Å². The molecule has 114 valence electrons. The lowest BCUT2D eigenvalue weighted by Crippen LogP contribution is -2.15. The van der Waals surface area contributed by atoms with Crippen LogP contribution in [0, 0.1) is 0 Å². The topological polar surface area (TPSA) is 82.7 Å². The Balaban J connectivity index is 1.80. The van der Waals surface area contributed by atoms with Gasteiger partial charge in [0.25, 0.3) is 0 Å². The molecule has 2 aromatic heterocycles. The second-order valence-electron chi connectivity index (χ2n) is 5.08. The van der Waals surface area contributed by atoms with Crippen LogP contribution in [0.4, 0.5) is 5.82 Å². The minimum atomic E-state index is -0.726. The van der Waals surface area contributed by atoms with Crippen LogP contribution in [0.25, 0.3) is 5.65 Å². The molecule has 1 aromatic carbocycles. The van der Waals surface area contributed by atoms with E-state index in [1.807, 2.05) is 19.1 Å². The number of phenols is 1. The summed E-state index contributed by atoms with van der Waals surface area (Å²) in [4.78, 5) is 4.48. The summed E-state index contributed by atoms with van der Waals surface area (Å²) in [6, 6.07) is 10.4. The molecule has 6 heteroatoms. The number of nitrogens with zero attached hydrogens (tertiary/aromatic N) is 3. The number of hydrogen-bond donors (Lipinski definition) is 3. The summed E-state index contributed by atoms with van der Waals surface area (Å²) in [7, 11) is 0. The molecule has 0 saturated carbocycles. The number of hydrogen-bond acceptors (Lipinski definition) is 5. The maximum Gasteiger partial charge on any atom is 0.157 e. The SMILES string of the molecule is CCc1cc(NC[C@H](O)c2cccc(O)c2)n2nccc2n1. The second-order valence-corrected chi connectivity index (χ2v) is 5.08. The Bertz CT molecular complexity index is 785. The normalized spacial score (nSPS) is 12.5. The molecular formula is C16H18N4O2. The molecule has 2 heterocycles. The second kappa shape index (κ2) is 6.03. The zero-order valence-electron chi connectivity index (χ0n) is 12.3. The Labute approximate surface area is 128 Å². The van der Waals surface area contributed by atoms with E-state index in [1.165, 1.54) is 0 Å². The first-order chi connectivity index (χ1) is 10.7. The van der Waals surface area contributed by atoms with Crippen LogP contribution in [0.15, 0.2) is 42.6 Å². The van der Waals surface area contributed by atoms with E-state index in [0.717, 1.165) is 23.6 Å². The summed E-state index contributed by atoms with van der Waals surface area (Å²) in [6.07, 6.45) is 1.79. The van der Waals surface area contributed by atoms with Gasteiger partial charge in [0.1, 0.15) is 11.6 Å². The van der Waals surface area contributed by atoms with Gasteiger partial charge in [-0.2, -0.15) is 9.61 Å². The standard InChI is InChI=1S/C16H18N4O2/c1-2-12-9-16(20-15(19-12)6-7-18-20)17-10-14(22)11-4-3-5-13(21)8-11/h3-9,14,17,21-22H,2,10H2,1H3/t14-/m0/s1. The molecule has 22 heavy (non-hydrogen) atoms. The van der Waals surface area contributed by atoms with Gasteiger partial charge in [0.2, 0.25) is 0 Å². The van der Waals surface area contributed by atoms with E-state index in [1.54, 1.807) is 35.0 Å². The monoisotopic (exact) mass is 298 g/mol. The van der Waals surface area contributed by atoms with E-state index in [0.29, 0.717) is 12.1 Å². The average molecular weight is 298 g/mol. The fourth-order valence-corrected chi connectivity index (χ4v) is 2.32. The van der Waals surface area contributed by atoms with Gasteiger partial charge in [0, 0.05) is 24.4 Å². The number of fused-ring (bicyclic) bond motifs is 1. The molecule has 0 saturated heterocycles. The first-order valence-electron chi connectivity index (χ1n) is 7.22. The summed E-state index contributed by atoms with van der Waals surface area (Å²) < 4.78 is 1.70. The van der Waals surface area contributed by atoms with Gasteiger partial charge < -0.3 is 15.5 Å². The molecule has 0 bridgehead atoms. The van der Waals surface area contributed by atoms with Crippen molar-refractivity contribution in [2.45, 2.75) is 19.4 Å². The van der Waals surface area contributed by atoms with Crippen LogP contribution < -0.4 is 5.32 Å². The average Bonchev–Trinajstić information content (AvgIpc) is 3.00. The maximum absolute atomic E-state index is 10.2. The number of aliphatic hydroxyl groups is 1. The van der Waals surface area contributed by atoms with Gasteiger partial charge in [-0.05, 0) is 24.1 Å². The van der Waals surface area contributed by atoms with Crippen LogP contribution in [0.2, 0.25) is 0 Å². The fraction of sp³-hybridized carbons (Fsp3) is 0.250. The number of rotatable bonds is 5. The zero-order chi connectivity index (χ0) is 15.5. The predicted molar refractivity (Wildman–Crippen MR) is 83.9 cm³/mol. The number of benzene rings is 1. The van der Waals surface area contributed by atoms with Crippen LogP contribution >= 0.6 is 0 Å². The summed E-state index contributed by atoms with van der Waals surface area (Å²) in [5.41, 5.74) is 2.39. The molecule has 3 rings (SSSR count). The Morgan fingerprint density at radius 3 is 2.91 bits per heavy atom. The number of phenolic OH excluding ortho intramolecular Hbond substituents is 1. The molecule has 0 aliphatic rings. The van der Waals surface area contributed by atoms with E-state index < -0.39 is 6.10 Å². The van der Waals surface area contributed by atoms with Crippen molar-refractivity contribution in [2.24, 2.45) is 0 Å². The van der Waals surface area contributed by atoms with E-state index >= 15 is 0 Å². The Kier molecular flexibility index (Phi) is 3.93. The number of aliphatic hydroxyl groups excluding tert-OH is 1. The minimum absolute atomic E-state index is 0.142. The first kappa shape index (κ1) is 14.3. The zero-order valence-corrected chi connectivity index (χ0v) is 12.3. The minimum Gasteiger partial charge on any atom is -0.508 e. The van der Waals surface area contributed by atoms with Crippen molar-refractivity contribution in [1.29, 1.82) is 0 Å². The number of nitrogens with one attached hydrogen (secondary N) is 1. The molecule has 0 aliphatic heterocycles. The fourth-order valence-electron chi connectivity index (χ4n) is 2.32. The van der Waals surface area contributed by atoms with Crippen molar-refractivity contribution in [3.05, 3.63) is 53.9 Å². The van der Waals surface area contributed by atoms with Crippen LogP contribution in [-0.2, 0) is 6.42 Å². The molecule has 0 spiro atoms. The third kappa shape index (κ3) is 2.87. The molecule has 6 nitrogen and oxygen atoms in total. The molecule has 3 aromatic rings. The largest absolute Gasteiger partial charge is 0.508 e. The van der Waals surface area contributed by atoms with Crippen molar-refractivity contribution in [2.75, 3.05) is 11.9 Å². The molecule has 3 N–H and O–H groups in total. The van der Waals surface area contributed by atoms with Crippen LogP contribution in [-0.4, -0.2) is 31.4 Å². The highest BCUT2D eigenvalue weighted by Gasteiger charge is 2.10. The van der Waals surface area contributed by atoms with Crippen molar-refractivity contribution in [3.8, 4) is 5.75 Å². The van der Waals surface area contributed by atoms with Crippen molar-refractivity contribution < 1.29 is 10.2 Å². The van der Waals surface area contributed by atoms with Gasteiger partial charge in [-0.15, -0.1) is 0 Å². The van der Waals surface area contributed by atoms with Gasteiger partial charge in [0.15, 0.2) is 5.65 Å². The number of aromatic hydroxyl groups is 1. The lowest BCUT2D eigenvalue weighted by Gasteiger charge is -2.14. The van der Waals surface area contributed by atoms with E-state index in [2.05, 4.69) is 15.4 Å². The van der Waals surface area contributed by atoms with Gasteiger partial charge in [-0.25, -0.2) is 4.98 Å². The number of aryl methyl sites for hydroxylation is 1. The highest BCUT2D eigenvalue weighted by molar-refractivity contribution is 5.49. The first-order valence-corrected chi connectivity index (χ1v) is 7.22. The summed E-state index contributed by atoms with van der Waals surface area (Å²) in [5, 5.41) is 27.1. The molecule has 0 fully saturated rings. The highest BCUT2D eigenvalue weighted by atomic mass is 16.3. The van der Waals surface area contributed by atoms with E-state index in [-0.39, 0.29) is 5.75 Å². The third-order valence-electron chi connectivity index (χ3n) is 3.51. The Morgan fingerprint density at radius 1 is 1.27 bits per heavy atom. The lowest BCUT2D eigenvalue weighted by molar-refractivity contribution is 0.191. The molecular weight excluding hydrogens is 280 g/mol. The summed E-state index contributed by atoms with van der Waals surface area (Å²) >= 11 is 0. The van der Waals surface area contributed by atoms with Crippen LogP contribution in [0.3, 0.4) is 0 Å². The third-order valence-corrected chi connectivity index (χ3v) is 3.51. The lowest BCUT2D eigenvalue weighted by atomic mass is 10.1. The van der Waals surface area contributed by atoms with E-state index in [4.69, 9.17) is 0 Å². The molecule has 0 unspecified atom stereocenters. The van der Waals surface area contributed by atoms with Crippen LogP contribution in [0.5, 0.6) is 5.75 Å². The summed E-state index contributed by atoms with van der Waals surface area (Å²) in [6.45, 7) is 2.35. The van der Waals surface area contributed by atoms with Crippen molar-refractivity contribution in [3.63, 3.8) is 0 Å². The van der Waals surface area contributed by atoms with Crippen LogP contribution in [0.1, 0.15) is 24.3 Å². The van der Waals surface area contributed by atoms with Gasteiger partial charge in [-0.1, -0.05) is 19.1 Å². The highest BCUT2D eigenvalue weighted by Crippen LogP contribution is 2.19. The molecule has 0 aliphatic carbocycles. The number of aromatic nitrogens is 3. The molecule has 0 radical (unpaired) electrons. The molecule has 1 atom stereocenters. The van der Waals surface area contributed by atoms with Gasteiger partial charge in [-0.3, -0.25) is 0 Å². The quantitative estimate of drug-likeness (QED) is 0.672. The maximum atomic E-state index is 10.2. The Morgan fingerprint density at radius 2 is 2.14 bits per heavy atom. The summed E-state index contributed by atoms with van der Waals surface area (Å²) in [5.74, 6) is 0.925. The number of anilines is 1. The Hall–Kier alpha value is -2.60. The smallest absolute Gasteiger partial charge is 0.157 e. The predicted octanol–water partition coefficient (Wildman–Crippen LogP) is 2.14.